The van der Waals surface area contributed by atoms with Crippen molar-refractivity contribution in [3.8, 4) is 0 Å². The Morgan fingerprint density at radius 2 is 2.05 bits per heavy atom. The second-order valence-electron chi connectivity index (χ2n) is 5.15. The summed E-state index contributed by atoms with van der Waals surface area (Å²) < 4.78 is 2.71. The van der Waals surface area contributed by atoms with Crippen LogP contribution in [0.5, 0.6) is 0 Å². The van der Waals surface area contributed by atoms with Gasteiger partial charge in [0.15, 0.2) is 11.3 Å². The molecule has 2 aromatic rings. The lowest BCUT2D eigenvalue weighted by Crippen LogP contribution is -2.36. The summed E-state index contributed by atoms with van der Waals surface area (Å²) in [5, 5.41) is 0. The SMILES string of the molecule is CC(=O)N1CCC(c2nc3nc(Br)cnc3n2C)CC1. The van der Waals surface area contributed by atoms with Crippen molar-refractivity contribution in [3.63, 3.8) is 0 Å². The molecule has 0 aliphatic carbocycles. The Hall–Kier alpha value is -1.50. The lowest BCUT2D eigenvalue weighted by molar-refractivity contribution is -0.129. The first kappa shape index (κ1) is 13.5. The molecule has 0 N–H and O–H groups in total. The molecule has 6 nitrogen and oxygen atoms in total. The van der Waals surface area contributed by atoms with Crippen LogP contribution in [0, 0.1) is 0 Å². The molecule has 0 atom stereocenters. The molecule has 20 heavy (non-hydrogen) atoms. The number of piperidine rings is 1. The van der Waals surface area contributed by atoms with Crippen molar-refractivity contribution in [2.75, 3.05) is 13.1 Å². The molecule has 1 amide bonds. The summed E-state index contributed by atoms with van der Waals surface area (Å²) in [6.07, 6.45) is 3.57. The average Bonchev–Trinajstić information content (AvgIpc) is 2.75. The van der Waals surface area contributed by atoms with Crippen LogP contribution in [0.1, 0.15) is 31.5 Å². The van der Waals surface area contributed by atoms with Gasteiger partial charge in [-0.2, -0.15) is 0 Å². The van der Waals surface area contributed by atoms with Gasteiger partial charge in [0.2, 0.25) is 5.91 Å². The molecular weight excluding hydrogens is 322 g/mol. The van der Waals surface area contributed by atoms with Gasteiger partial charge in [-0.3, -0.25) is 4.79 Å². The van der Waals surface area contributed by atoms with Crippen molar-refractivity contribution in [3.05, 3.63) is 16.6 Å². The van der Waals surface area contributed by atoms with Crippen LogP contribution in [-0.2, 0) is 11.8 Å². The number of imidazole rings is 1. The van der Waals surface area contributed by atoms with Crippen LogP contribution in [0.25, 0.3) is 11.3 Å². The zero-order valence-corrected chi connectivity index (χ0v) is 13.1. The first-order chi connectivity index (χ1) is 9.56. The van der Waals surface area contributed by atoms with Gasteiger partial charge in [0.05, 0.1) is 6.20 Å². The van der Waals surface area contributed by atoms with E-state index in [4.69, 9.17) is 0 Å². The molecule has 2 aromatic heterocycles. The maximum absolute atomic E-state index is 11.4. The molecule has 0 saturated carbocycles. The average molecular weight is 338 g/mol. The van der Waals surface area contributed by atoms with Crippen molar-refractivity contribution in [1.82, 2.24) is 24.4 Å². The van der Waals surface area contributed by atoms with Crippen LogP contribution < -0.4 is 0 Å². The Balaban J connectivity index is 1.88. The summed E-state index contributed by atoms with van der Waals surface area (Å²) >= 11 is 3.32. The monoisotopic (exact) mass is 337 g/mol. The van der Waals surface area contributed by atoms with Gasteiger partial charge in [-0.05, 0) is 28.8 Å². The van der Waals surface area contributed by atoms with Gasteiger partial charge < -0.3 is 9.47 Å². The van der Waals surface area contributed by atoms with Crippen LogP contribution in [0.2, 0.25) is 0 Å². The highest BCUT2D eigenvalue weighted by molar-refractivity contribution is 9.10. The zero-order valence-electron chi connectivity index (χ0n) is 11.5. The first-order valence-electron chi connectivity index (χ1n) is 6.66. The van der Waals surface area contributed by atoms with Gasteiger partial charge in [0.25, 0.3) is 0 Å². The predicted octanol–water partition coefficient (Wildman–Crippen LogP) is 1.85. The van der Waals surface area contributed by atoms with Crippen molar-refractivity contribution >= 4 is 33.1 Å². The maximum atomic E-state index is 11.4. The standard InChI is InChI=1S/C13H16BrN5O/c1-8(20)19-5-3-9(4-6-19)12-17-11-13(18(12)2)15-7-10(14)16-11/h7,9H,3-6H2,1-2H3. The number of halogens is 1. The number of likely N-dealkylation sites (tertiary alicyclic amines) is 1. The molecule has 1 aliphatic heterocycles. The largest absolute Gasteiger partial charge is 0.343 e. The van der Waals surface area contributed by atoms with Crippen molar-refractivity contribution in [2.45, 2.75) is 25.7 Å². The number of amides is 1. The third kappa shape index (κ3) is 2.30. The van der Waals surface area contributed by atoms with E-state index in [0.29, 0.717) is 16.2 Å². The number of aromatic nitrogens is 4. The van der Waals surface area contributed by atoms with E-state index in [1.54, 1.807) is 13.1 Å². The second-order valence-corrected chi connectivity index (χ2v) is 5.96. The molecule has 106 valence electrons. The topological polar surface area (TPSA) is 63.9 Å². The first-order valence-corrected chi connectivity index (χ1v) is 7.46. The Kier molecular flexibility index (Phi) is 3.45. The van der Waals surface area contributed by atoms with E-state index in [2.05, 4.69) is 30.9 Å². The van der Waals surface area contributed by atoms with E-state index >= 15 is 0 Å². The van der Waals surface area contributed by atoms with Crippen molar-refractivity contribution in [2.24, 2.45) is 7.05 Å². The number of rotatable bonds is 1. The fourth-order valence-corrected chi connectivity index (χ4v) is 3.04. The van der Waals surface area contributed by atoms with Gasteiger partial charge >= 0.3 is 0 Å². The number of hydrogen-bond acceptors (Lipinski definition) is 4. The quantitative estimate of drug-likeness (QED) is 0.796. The summed E-state index contributed by atoms with van der Waals surface area (Å²) in [5.74, 6) is 1.53. The zero-order chi connectivity index (χ0) is 14.3. The second kappa shape index (κ2) is 5.12. The Morgan fingerprint density at radius 1 is 1.35 bits per heavy atom. The lowest BCUT2D eigenvalue weighted by Gasteiger charge is -2.30. The molecule has 0 unspecified atom stereocenters. The summed E-state index contributed by atoms with van der Waals surface area (Å²) in [6, 6.07) is 0. The van der Waals surface area contributed by atoms with Crippen molar-refractivity contribution < 1.29 is 4.79 Å². The fraction of sp³-hybridized carbons (Fsp3) is 0.538. The number of nitrogens with zero attached hydrogens (tertiary/aromatic N) is 5. The highest BCUT2D eigenvalue weighted by Crippen LogP contribution is 2.28. The minimum atomic E-state index is 0.153. The van der Waals surface area contributed by atoms with E-state index in [1.165, 1.54) is 0 Å². The third-order valence-electron chi connectivity index (χ3n) is 3.89. The number of aryl methyl sites for hydroxylation is 1. The van der Waals surface area contributed by atoms with Crippen LogP contribution in [0.3, 0.4) is 0 Å². The molecule has 3 heterocycles. The molecule has 1 saturated heterocycles. The third-order valence-corrected chi connectivity index (χ3v) is 4.28. The summed E-state index contributed by atoms with van der Waals surface area (Å²) in [4.78, 5) is 26.6. The van der Waals surface area contributed by atoms with Crippen LogP contribution >= 0.6 is 15.9 Å². The summed E-state index contributed by atoms with van der Waals surface area (Å²) in [6.45, 7) is 3.22. The normalized spacial score (nSPS) is 16.9. The van der Waals surface area contributed by atoms with E-state index < -0.39 is 0 Å². The predicted molar refractivity (Wildman–Crippen MR) is 78.2 cm³/mol. The Morgan fingerprint density at radius 3 is 2.70 bits per heavy atom. The van der Waals surface area contributed by atoms with Crippen LogP contribution in [-0.4, -0.2) is 43.4 Å². The molecule has 0 spiro atoms. The van der Waals surface area contributed by atoms with E-state index in [0.717, 1.165) is 37.4 Å². The molecule has 0 aromatic carbocycles. The number of carbonyl (C=O) groups is 1. The highest BCUT2D eigenvalue weighted by Gasteiger charge is 2.26. The smallest absolute Gasteiger partial charge is 0.219 e. The maximum Gasteiger partial charge on any atom is 0.219 e. The Bertz CT molecular complexity index is 660. The fourth-order valence-electron chi connectivity index (χ4n) is 2.77. The van der Waals surface area contributed by atoms with E-state index in [9.17, 15) is 4.79 Å². The van der Waals surface area contributed by atoms with Gasteiger partial charge in [-0.25, -0.2) is 15.0 Å². The van der Waals surface area contributed by atoms with Crippen LogP contribution in [0.15, 0.2) is 10.8 Å². The van der Waals surface area contributed by atoms with Gasteiger partial charge in [0.1, 0.15) is 10.4 Å². The molecule has 1 fully saturated rings. The lowest BCUT2D eigenvalue weighted by atomic mass is 9.96. The van der Waals surface area contributed by atoms with Gasteiger partial charge in [0, 0.05) is 33.0 Å². The highest BCUT2D eigenvalue weighted by atomic mass is 79.9. The van der Waals surface area contributed by atoms with E-state index in [-0.39, 0.29) is 5.91 Å². The minimum Gasteiger partial charge on any atom is -0.343 e. The van der Waals surface area contributed by atoms with Gasteiger partial charge in [-0.15, -0.1) is 0 Å². The molecule has 3 rings (SSSR count). The molecule has 7 heteroatoms. The van der Waals surface area contributed by atoms with Crippen molar-refractivity contribution in [1.29, 1.82) is 0 Å². The number of fused-ring (bicyclic) bond motifs is 1. The van der Waals surface area contributed by atoms with E-state index in [1.807, 2.05) is 16.5 Å². The van der Waals surface area contributed by atoms with Crippen LogP contribution in [0.4, 0.5) is 0 Å². The summed E-state index contributed by atoms with van der Waals surface area (Å²) in [5.41, 5.74) is 1.48. The Labute approximate surface area is 125 Å². The molecule has 0 bridgehead atoms. The summed E-state index contributed by atoms with van der Waals surface area (Å²) in [7, 11) is 1.98. The molecule has 0 radical (unpaired) electrons. The number of hydrogen-bond donors (Lipinski definition) is 0. The minimum absolute atomic E-state index is 0.153. The number of carbonyl (C=O) groups excluding carboxylic acids is 1. The molecule has 1 aliphatic rings. The molecular formula is C13H16BrN5O. The van der Waals surface area contributed by atoms with Gasteiger partial charge in [-0.1, -0.05) is 0 Å².